The minimum Gasteiger partial charge on any atom is -0.497 e. The van der Waals surface area contributed by atoms with Crippen LogP contribution in [0, 0.1) is 6.92 Å². The van der Waals surface area contributed by atoms with Gasteiger partial charge in [-0.25, -0.2) is 0 Å². The van der Waals surface area contributed by atoms with E-state index in [0.29, 0.717) is 0 Å². The summed E-state index contributed by atoms with van der Waals surface area (Å²) in [6.07, 6.45) is 0. The van der Waals surface area contributed by atoms with E-state index < -0.39 is 0 Å². The number of aliphatic hydroxyl groups is 1. The molecule has 0 radical (unpaired) electrons. The molecule has 3 aromatic rings. The molecule has 152 valence electrons. The highest BCUT2D eigenvalue weighted by atomic mass is 16.5. The number of methoxy groups -OCH3 is 1. The summed E-state index contributed by atoms with van der Waals surface area (Å²) in [6.45, 7) is 6.96. The fourth-order valence-electron chi connectivity index (χ4n) is 3.85. The number of aliphatic hydroxyl groups excluding tert-OH is 1. The number of nitrogens with one attached hydrogen (secondary N) is 1. The molecule has 1 saturated heterocycles. The highest BCUT2D eigenvalue weighted by molar-refractivity contribution is 5.94. The van der Waals surface area contributed by atoms with E-state index in [1.807, 2.05) is 25.1 Å². The molecule has 2 heterocycles. The molecular formula is C23H28N4O2. The van der Waals surface area contributed by atoms with Crippen molar-refractivity contribution in [3.8, 4) is 5.75 Å². The number of pyridine rings is 1. The Balaban J connectivity index is 1.51. The normalized spacial score (nSPS) is 14.9. The second kappa shape index (κ2) is 8.68. The molecule has 4 rings (SSSR count). The van der Waals surface area contributed by atoms with Gasteiger partial charge in [-0.2, -0.15) is 0 Å². The van der Waals surface area contributed by atoms with Crippen LogP contribution >= 0.6 is 0 Å². The first-order valence-corrected chi connectivity index (χ1v) is 10.1. The predicted molar refractivity (Wildman–Crippen MR) is 118 cm³/mol. The number of aryl methyl sites for hydroxylation is 1. The van der Waals surface area contributed by atoms with Crippen molar-refractivity contribution in [1.29, 1.82) is 0 Å². The zero-order valence-corrected chi connectivity index (χ0v) is 17.1. The van der Waals surface area contributed by atoms with Crippen LogP contribution in [-0.2, 0) is 0 Å². The molecular weight excluding hydrogens is 364 g/mol. The van der Waals surface area contributed by atoms with Crippen molar-refractivity contribution in [2.75, 3.05) is 56.7 Å². The van der Waals surface area contributed by atoms with Gasteiger partial charge in [-0.15, -0.1) is 0 Å². The Morgan fingerprint density at radius 2 is 1.79 bits per heavy atom. The van der Waals surface area contributed by atoms with Crippen LogP contribution in [0.3, 0.4) is 0 Å². The van der Waals surface area contributed by atoms with Crippen molar-refractivity contribution >= 4 is 28.0 Å². The summed E-state index contributed by atoms with van der Waals surface area (Å²) >= 11 is 0. The molecule has 0 spiro atoms. The Kier molecular flexibility index (Phi) is 5.83. The topological polar surface area (TPSA) is 60.9 Å². The Hall–Kier alpha value is -2.83. The first-order chi connectivity index (χ1) is 14.2. The molecule has 6 heteroatoms. The summed E-state index contributed by atoms with van der Waals surface area (Å²) in [6, 6.07) is 16.6. The summed E-state index contributed by atoms with van der Waals surface area (Å²) in [7, 11) is 1.68. The monoisotopic (exact) mass is 392 g/mol. The third-order valence-electron chi connectivity index (χ3n) is 5.44. The van der Waals surface area contributed by atoms with Gasteiger partial charge >= 0.3 is 0 Å². The fraction of sp³-hybridized carbons (Fsp3) is 0.348. The summed E-state index contributed by atoms with van der Waals surface area (Å²) in [5.74, 6) is 0.821. The zero-order chi connectivity index (χ0) is 20.2. The van der Waals surface area contributed by atoms with Gasteiger partial charge in [-0.3, -0.25) is 9.88 Å². The molecule has 2 N–H and O–H groups in total. The Morgan fingerprint density at radius 3 is 2.48 bits per heavy atom. The van der Waals surface area contributed by atoms with Crippen LogP contribution in [0.15, 0.2) is 48.5 Å². The average Bonchev–Trinajstić information content (AvgIpc) is 2.75. The number of nitrogens with zero attached hydrogens (tertiary/aromatic N) is 3. The smallest absolute Gasteiger partial charge is 0.119 e. The fourth-order valence-corrected chi connectivity index (χ4v) is 3.85. The Bertz CT molecular complexity index is 967. The quantitative estimate of drug-likeness (QED) is 0.670. The van der Waals surface area contributed by atoms with E-state index in [-0.39, 0.29) is 6.61 Å². The lowest BCUT2D eigenvalue weighted by Crippen LogP contribution is -2.47. The SMILES string of the molecule is COc1ccc2nc(C)cc(Nc3ccc(N4CCN(CCO)CC4)cc3)c2c1. The predicted octanol–water partition coefficient (Wildman–Crippen LogP) is 3.41. The molecule has 0 unspecified atom stereocenters. The number of hydrogen-bond donors (Lipinski definition) is 2. The van der Waals surface area contributed by atoms with Crippen molar-refractivity contribution in [2.24, 2.45) is 0 Å². The van der Waals surface area contributed by atoms with E-state index in [1.165, 1.54) is 5.69 Å². The molecule has 1 aromatic heterocycles. The highest BCUT2D eigenvalue weighted by Crippen LogP contribution is 2.30. The molecule has 0 amide bonds. The van der Waals surface area contributed by atoms with E-state index in [1.54, 1.807) is 7.11 Å². The van der Waals surface area contributed by atoms with Crippen LogP contribution in [0.5, 0.6) is 5.75 Å². The minimum atomic E-state index is 0.232. The lowest BCUT2D eigenvalue weighted by atomic mass is 10.1. The first kappa shape index (κ1) is 19.5. The number of anilines is 3. The number of ether oxygens (including phenoxy) is 1. The highest BCUT2D eigenvalue weighted by Gasteiger charge is 2.16. The summed E-state index contributed by atoms with van der Waals surface area (Å²) in [4.78, 5) is 9.33. The van der Waals surface area contributed by atoms with Gasteiger partial charge in [0.1, 0.15) is 5.75 Å². The lowest BCUT2D eigenvalue weighted by molar-refractivity contribution is 0.189. The molecule has 0 bridgehead atoms. The van der Waals surface area contributed by atoms with Crippen LogP contribution in [-0.4, -0.2) is 61.4 Å². The molecule has 1 aliphatic rings. The standard InChI is InChI=1S/C23H28N4O2/c1-17-15-23(21-16-20(29-2)7-8-22(21)24-17)25-18-3-5-19(6-4-18)27-11-9-26(10-12-27)13-14-28/h3-8,15-16,28H,9-14H2,1-2H3,(H,24,25). The second-order valence-electron chi connectivity index (χ2n) is 7.42. The molecule has 29 heavy (non-hydrogen) atoms. The number of piperazine rings is 1. The third kappa shape index (κ3) is 4.44. The maximum atomic E-state index is 9.09. The van der Waals surface area contributed by atoms with Gasteiger partial charge in [-0.05, 0) is 55.5 Å². The lowest BCUT2D eigenvalue weighted by Gasteiger charge is -2.35. The van der Waals surface area contributed by atoms with Crippen molar-refractivity contribution in [3.05, 3.63) is 54.2 Å². The molecule has 1 aliphatic heterocycles. The maximum absolute atomic E-state index is 9.09. The van der Waals surface area contributed by atoms with E-state index >= 15 is 0 Å². The van der Waals surface area contributed by atoms with Crippen molar-refractivity contribution in [3.63, 3.8) is 0 Å². The number of rotatable bonds is 6. The molecule has 1 fully saturated rings. The van der Waals surface area contributed by atoms with Gasteiger partial charge in [0, 0.05) is 60.9 Å². The third-order valence-corrected chi connectivity index (χ3v) is 5.44. The average molecular weight is 393 g/mol. The van der Waals surface area contributed by atoms with Crippen molar-refractivity contribution in [1.82, 2.24) is 9.88 Å². The maximum Gasteiger partial charge on any atom is 0.119 e. The molecule has 0 saturated carbocycles. The van der Waals surface area contributed by atoms with E-state index in [2.05, 4.69) is 50.4 Å². The van der Waals surface area contributed by atoms with Gasteiger partial charge in [0.15, 0.2) is 0 Å². The van der Waals surface area contributed by atoms with Crippen LogP contribution < -0.4 is 15.0 Å². The minimum absolute atomic E-state index is 0.232. The van der Waals surface area contributed by atoms with Crippen LogP contribution in [0.4, 0.5) is 17.1 Å². The van der Waals surface area contributed by atoms with E-state index in [4.69, 9.17) is 9.84 Å². The van der Waals surface area contributed by atoms with Crippen LogP contribution in [0.2, 0.25) is 0 Å². The van der Waals surface area contributed by atoms with Crippen LogP contribution in [0.1, 0.15) is 5.69 Å². The summed E-state index contributed by atoms with van der Waals surface area (Å²) < 4.78 is 5.39. The van der Waals surface area contributed by atoms with E-state index in [0.717, 1.165) is 66.4 Å². The number of benzene rings is 2. The number of fused-ring (bicyclic) bond motifs is 1. The summed E-state index contributed by atoms with van der Waals surface area (Å²) in [5, 5.41) is 13.7. The second-order valence-corrected chi connectivity index (χ2v) is 7.42. The number of aromatic nitrogens is 1. The Labute approximate surface area is 171 Å². The van der Waals surface area contributed by atoms with Gasteiger partial charge in [0.25, 0.3) is 0 Å². The molecule has 0 aliphatic carbocycles. The van der Waals surface area contributed by atoms with Gasteiger partial charge in [0.05, 0.1) is 19.2 Å². The van der Waals surface area contributed by atoms with E-state index in [9.17, 15) is 0 Å². The molecule has 6 nitrogen and oxygen atoms in total. The summed E-state index contributed by atoms with van der Waals surface area (Å²) in [5.41, 5.74) is 5.23. The number of β-amino-alcohol motifs (C(OH)–C–C–N with tert-alkyl or cyclic N) is 1. The molecule has 2 aromatic carbocycles. The molecule has 0 atom stereocenters. The van der Waals surface area contributed by atoms with Gasteiger partial charge < -0.3 is 20.1 Å². The van der Waals surface area contributed by atoms with Gasteiger partial charge in [-0.1, -0.05) is 0 Å². The largest absolute Gasteiger partial charge is 0.497 e. The number of hydrogen-bond acceptors (Lipinski definition) is 6. The van der Waals surface area contributed by atoms with Crippen LogP contribution in [0.25, 0.3) is 10.9 Å². The zero-order valence-electron chi connectivity index (χ0n) is 17.1. The first-order valence-electron chi connectivity index (χ1n) is 10.1. The Morgan fingerprint density at radius 1 is 1.03 bits per heavy atom. The van der Waals surface area contributed by atoms with Crippen molar-refractivity contribution in [2.45, 2.75) is 6.92 Å². The van der Waals surface area contributed by atoms with Gasteiger partial charge in [0.2, 0.25) is 0 Å². The van der Waals surface area contributed by atoms with Crippen molar-refractivity contribution < 1.29 is 9.84 Å².